The molecular formula is C16H25N3O2. The maximum Gasteiger partial charge on any atom is 0.231 e. The highest BCUT2D eigenvalue weighted by atomic mass is 16.2. The number of nitrogens with two attached hydrogens (primary N) is 1. The minimum Gasteiger partial charge on any atom is -0.326 e. The normalized spacial score (nSPS) is 12.0. The number of amides is 2. The van der Waals surface area contributed by atoms with Gasteiger partial charge in [-0.05, 0) is 52.3 Å². The Morgan fingerprint density at radius 2 is 1.67 bits per heavy atom. The summed E-state index contributed by atoms with van der Waals surface area (Å²) < 4.78 is 0. The summed E-state index contributed by atoms with van der Waals surface area (Å²) in [7, 11) is 0. The molecule has 0 aliphatic carbocycles. The minimum atomic E-state index is -0.733. The van der Waals surface area contributed by atoms with Gasteiger partial charge in [-0.15, -0.1) is 0 Å². The van der Waals surface area contributed by atoms with E-state index in [1.54, 1.807) is 12.1 Å². The predicted octanol–water partition coefficient (Wildman–Crippen LogP) is 2.66. The molecule has 0 aromatic heterocycles. The van der Waals surface area contributed by atoms with Crippen LogP contribution in [0.3, 0.4) is 0 Å². The van der Waals surface area contributed by atoms with Crippen LogP contribution < -0.4 is 16.4 Å². The molecule has 0 bridgehead atoms. The van der Waals surface area contributed by atoms with Crippen molar-refractivity contribution in [3.05, 3.63) is 23.8 Å². The third kappa shape index (κ3) is 4.04. The lowest BCUT2D eigenvalue weighted by Crippen LogP contribution is -2.53. The fraction of sp³-hybridized carbons (Fsp3) is 0.500. The van der Waals surface area contributed by atoms with Gasteiger partial charge in [0.1, 0.15) is 0 Å². The molecule has 116 valence electrons. The van der Waals surface area contributed by atoms with Crippen LogP contribution in [0.15, 0.2) is 18.2 Å². The Kier molecular flexibility index (Phi) is 4.79. The van der Waals surface area contributed by atoms with Crippen LogP contribution in [-0.2, 0) is 9.59 Å². The number of carbonyl (C=O) groups is 2. The molecule has 0 heterocycles. The van der Waals surface area contributed by atoms with E-state index in [0.717, 1.165) is 5.56 Å². The number of hydrogen-bond donors (Lipinski definition) is 3. The first-order valence-electron chi connectivity index (χ1n) is 6.93. The van der Waals surface area contributed by atoms with Gasteiger partial charge in [-0.2, -0.15) is 0 Å². The molecule has 0 saturated heterocycles. The highest BCUT2D eigenvalue weighted by Gasteiger charge is 2.40. The van der Waals surface area contributed by atoms with Gasteiger partial charge in [0, 0.05) is 23.8 Å². The number of anilines is 2. The number of nitrogens with one attached hydrogen (secondary N) is 2. The second-order valence-electron chi connectivity index (χ2n) is 6.51. The summed E-state index contributed by atoms with van der Waals surface area (Å²) in [6.45, 7) is 10.6. The number of hydrogen-bond acceptors (Lipinski definition) is 3. The Labute approximate surface area is 126 Å². The summed E-state index contributed by atoms with van der Waals surface area (Å²) in [5.41, 5.74) is 6.93. The van der Waals surface area contributed by atoms with Gasteiger partial charge in [0.2, 0.25) is 11.8 Å². The van der Waals surface area contributed by atoms with Crippen molar-refractivity contribution < 1.29 is 9.59 Å². The summed E-state index contributed by atoms with van der Waals surface area (Å²) in [6, 6.07) is 5.39. The Morgan fingerprint density at radius 1 is 1.10 bits per heavy atom. The minimum absolute atomic E-state index is 0.153. The van der Waals surface area contributed by atoms with Crippen LogP contribution in [0.4, 0.5) is 11.4 Å². The standard InChI is InChI=1S/C16H25N3O2/c1-10-7-8-12(18-11(2)20)9-13(10)19-14(21)15(3,4)16(5,6)17/h7-9H,17H2,1-6H3,(H,18,20)(H,19,21). The number of aryl methyl sites for hydroxylation is 1. The molecule has 5 heteroatoms. The van der Waals surface area contributed by atoms with E-state index in [1.165, 1.54) is 6.92 Å². The maximum absolute atomic E-state index is 12.5. The van der Waals surface area contributed by atoms with Crippen molar-refractivity contribution in [3.63, 3.8) is 0 Å². The fourth-order valence-electron chi connectivity index (χ4n) is 1.61. The van der Waals surface area contributed by atoms with E-state index in [4.69, 9.17) is 5.73 Å². The highest BCUT2D eigenvalue weighted by Crippen LogP contribution is 2.31. The SMILES string of the molecule is CC(=O)Nc1ccc(C)c(NC(=O)C(C)(C)C(C)(C)N)c1. The van der Waals surface area contributed by atoms with Crippen molar-refractivity contribution in [1.29, 1.82) is 0 Å². The lowest BCUT2D eigenvalue weighted by molar-refractivity contribution is -0.126. The van der Waals surface area contributed by atoms with Gasteiger partial charge >= 0.3 is 0 Å². The number of carbonyl (C=O) groups excluding carboxylic acids is 2. The maximum atomic E-state index is 12.5. The molecular weight excluding hydrogens is 266 g/mol. The van der Waals surface area contributed by atoms with Gasteiger partial charge < -0.3 is 16.4 Å². The molecule has 0 aliphatic heterocycles. The molecule has 2 amide bonds. The van der Waals surface area contributed by atoms with Gasteiger partial charge in [-0.3, -0.25) is 9.59 Å². The average molecular weight is 291 g/mol. The van der Waals surface area contributed by atoms with Gasteiger partial charge in [0.15, 0.2) is 0 Å². The summed E-state index contributed by atoms with van der Waals surface area (Å²) in [5.74, 6) is -0.308. The van der Waals surface area contributed by atoms with Crippen molar-refractivity contribution in [2.45, 2.75) is 47.1 Å². The van der Waals surface area contributed by atoms with Crippen LogP contribution in [-0.4, -0.2) is 17.4 Å². The zero-order valence-corrected chi connectivity index (χ0v) is 13.6. The van der Waals surface area contributed by atoms with Crippen LogP contribution in [0.2, 0.25) is 0 Å². The second kappa shape index (κ2) is 5.85. The molecule has 1 aromatic rings. The summed E-state index contributed by atoms with van der Waals surface area (Å²) in [5, 5.41) is 5.60. The lowest BCUT2D eigenvalue weighted by Gasteiger charge is -2.37. The summed E-state index contributed by atoms with van der Waals surface area (Å²) in [4.78, 5) is 23.6. The number of rotatable bonds is 4. The van der Waals surface area contributed by atoms with Crippen molar-refractivity contribution >= 4 is 23.2 Å². The number of benzene rings is 1. The quantitative estimate of drug-likeness (QED) is 0.797. The Bertz CT molecular complexity index is 557. The predicted molar refractivity (Wildman–Crippen MR) is 86.2 cm³/mol. The van der Waals surface area contributed by atoms with Crippen molar-refractivity contribution in [3.8, 4) is 0 Å². The first-order valence-corrected chi connectivity index (χ1v) is 6.93. The topological polar surface area (TPSA) is 84.2 Å². The third-order valence-electron chi connectivity index (χ3n) is 3.98. The van der Waals surface area contributed by atoms with Crippen LogP contribution >= 0.6 is 0 Å². The van der Waals surface area contributed by atoms with E-state index < -0.39 is 11.0 Å². The molecule has 0 atom stereocenters. The molecule has 21 heavy (non-hydrogen) atoms. The second-order valence-corrected chi connectivity index (χ2v) is 6.51. The summed E-state index contributed by atoms with van der Waals surface area (Å²) >= 11 is 0. The zero-order valence-electron chi connectivity index (χ0n) is 13.6. The molecule has 0 unspecified atom stereocenters. The van der Waals surface area contributed by atoms with E-state index in [9.17, 15) is 9.59 Å². The molecule has 0 spiro atoms. The Morgan fingerprint density at radius 3 is 2.14 bits per heavy atom. The van der Waals surface area contributed by atoms with Crippen LogP contribution in [0.5, 0.6) is 0 Å². The zero-order chi connectivity index (χ0) is 16.4. The first kappa shape index (κ1) is 17.2. The molecule has 5 nitrogen and oxygen atoms in total. The molecule has 0 fully saturated rings. The van der Waals surface area contributed by atoms with Gasteiger partial charge in [-0.25, -0.2) is 0 Å². The average Bonchev–Trinajstić information content (AvgIpc) is 2.31. The first-order chi connectivity index (χ1) is 9.45. The van der Waals surface area contributed by atoms with Crippen molar-refractivity contribution in [2.24, 2.45) is 11.1 Å². The fourth-order valence-corrected chi connectivity index (χ4v) is 1.61. The van der Waals surface area contributed by atoms with Crippen molar-refractivity contribution in [1.82, 2.24) is 0 Å². The van der Waals surface area contributed by atoms with Gasteiger partial charge in [-0.1, -0.05) is 6.07 Å². The van der Waals surface area contributed by atoms with Crippen molar-refractivity contribution in [2.75, 3.05) is 10.6 Å². The van der Waals surface area contributed by atoms with E-state index in [2.05, 4.69) is 10.6 Å². The van der Waals surface area contributed by atoms with E-state index in [1.807, 2.05) is 40.7 Å². The van der Waals surface area contributed by atoms with Crippen LogP contribution in [0.25, 0.3) is 0 Å². The largest absolute Gasteiger partial charge is 0.326 e. The monoisotopic (exact) mass is 291 g/mol. The van der Waals surface area contributed by atoms with Crippen LogP contribution in [0.1, 0.15) is 40.2 Å². The smallest absolute Gasteiger partial charge is 0.231 e. The van der Waals surface area contributed by atoms with Crippen LogP contribution in [0, 0.1) is 12.3 Å². The molecule has 0 aliphatic rings. The molecule has 1 rings (SSSR count). The Hall–Kier alpha value is -1.88. The molecule has 0 saturated carbocycles. The lowest BCUT2D eigenvalue weighted by atomic mass is 9.74. The third-order valence-corrected chi connectivity index (χ3v) is 3.98. The van der Waals surface area contributed by atoms with Gasteiger partial charge in [0.25, 0.3) is 0 Å². The molecule has 0 radical (unpaired) electrons. The molecule has 4 N–H and O–H groups in total. The highest BCUT2D eigenvalue weighted by molar-refractivity contribution is 5.97. The molecule has 1 aromatic carbocycles. The summed E-state index contributed by atoms with van der Waals surface area (Å²) in [6.07, 6.45) is 0. The van der Waals surface area contributed by atoms with E-state index in [-0.39, 0.29) is 11.8 Å². The van der Waals surface area contributed by atoms with E-state index >= 15 is 0 Å². The van der Waals surface area contributed by atoms with Gasteiger partial charge in [0.05, 0.1) is 5.41 Å². The Balaban J connectivity index is 3.02. The van der Waals surface area contributed by atoms with E-state index in [0.29, 0.717) is 11.4 Å².